The van der Waals surface area contributed by atoms with Crippen molar-refractivity contribution >= 4 is 6.47 Å². The van der Waals surface area contributed by atoms with Crippen molar-refractivity contribution < 1.29 is 9.53 Å². The molecule has 64 valence electrons. The Hall–Kier alpha value is -0.530. The summed E-state index contributed by atoms with van der Waals surface area (Å²) in [6.45, 7) is 7.94. The lowest BCUT2D eigenvalue weighted by atomic mass is 10.1. The Kier molecular flexibility index (Phi) is 7.21. The van der Waals surface area contributed by atoms with Gasteiger partial charge in [-0.1, -0.05) is 20.3 Å². The number of unbranched alkanes of at least 4 members (excludes halogenated alkanes) is 1. The largest absolute Gasteiger partial charge is 0.465 e. The predicted octanol–water partition coefficient (Wildman–Crippen LogP) is 2.15. The molecule has 0 saturated heterocycles. The van der Waals surface area contributed by atoms with E-state index in [0.29, 0.717) is 6.47 Å². The van der Waals surface area contributed by atoms with Gasteiger partial charge in [0.1, 0.15) is 6.10 Å². The first kappa shape index (κ1) is 10.5. The third kappa shape index (κ3) is 5.89. The molecule has 0 aromatic rings. The Morgan fingerprint density at radius 1 is 1.27 bits per heavy atom. The lowest BCUT2D eigenvalue weighted by Crippen LogP contribution is -2.11. The normalized spacial score (nSPS) is 12.5. The second kappa shape index (κ2) is 7.58. The van der Waals surface area contributed by atoms with Gasteiger partial charge in [0.25, 0.3) is 6.47 Å². The van der Waals surface area contributed by atoms with Gasteiger partial charge in [0.15, 0.2) is 0 Å². The van der Waals surface area contributed by atoms with Gasteiger partial charge >= 0.3 is 0 Å². The molecule has 0 fully saturated rings. The molecule has 0 saturated carbocycles. The van der Waals surface area contributed by atoms with E-state index in [2.05, 4.69) is 13.8 Å². The minimum absolute atomic E-state index is 0.0618. The zero-order chi connectivity index (χ0) is 8.53. The summed E-state index contributed by atoms with van der Waals surface area (Å²) < 4.78 is 4.84. The maximum atomic E-state index is 9.99. The van der Waals surface area contributed by atoms with Crippen molar-refractivity contribution in [3.63, 3.8) is 0 Å². The summed E-state index contributed by atoms with van der Waals surface area (Å²) in [6, 6.07) is 0. The van der Waals surface area contributed by atoms with Crippen molar-refractivity contribution in [1.29, 1.82) is 0 Å². The first-order valence-corrected chi connectivity index (χ1v) is 4.02. The fourth-order valence-corrected chi connectivity index (χ4v) is 0.959. The molecule has 0 aliphatic heterocycles. The van der Waals surface area contributed by atoms with Crippen molar-refractivity contribution in [3.05, 3.63) is 13.8 Å². The van der Waals surface area contributed by atoms with Gasteiger partial charge in [0.05, 0.1) is 0 Å². The molecule has 1 atom stereocenters. The van der Waals surface area contributed by atoms with Crippen LogP contribution in [0.1, 0.15) is 32.1 Å². The summed E-state index contributed by atoms with van der Waals surface area (Å²) in [4.78, 5) is 9.99. The van der Waals surface area contributed by atoms with E-state index in [1.54, 1.807) is 0 Å². The van der Waals surface area contributed by atoms with E-state index in [9.17, 15) is 4.79 Å². The minimum Gasteiger partial charge on any atom is -0.465 e. The lowest BCUT2D eigenvalue weighted by Gasteiger charge is -2.12. The Morgan fingerprint density at radius 2 is 2.00 bits per heavy atom. The molecule has 0 bridgehead atoms. The van der Waals surface area contributed by atoms with E-state index in [-0.39, 0.29) is 6.10 Å². The Bertz CT molecular complexity index is 91.6. The smallest absolute Gasteiger partial charge is 0.293 e. The van der Waals surface area contributed by atoms with E-state index in [1.165, 1.54) is 0 Å². The Morgan fingerprint density at radius 3 is 2.45 bits per heavy atom. The fraction of sp³-hybridized carbons (Fsp3) is 0.667. The molecule has 0 aromatic heterocycles. The van der Waals surface area contributed by atoms with Crippen LogP contribution in [0, 0.1) is 13.8 Å². The van der Waals surface area contributed by atoms with Gasteiger partial charge in [-0.15, -0.1) is 0 Å². The molecule has 1 unspecified atom stereocenters. The number of carbonyl (C=O) groups is 1. The van der Waals surface area contributed by atoms with Crippen LogP contribution in [0.15, 0.2) is 0 Å². The zero-order valence-corrected chi connectivity index (χ0v) is 6.92. The zero-order valence-electron chi connectivity index (χ0n) is 6.92. The SMILES string of the molecule is [CH2]CCCC(CC[CH2])OC=O. The highest BCUT2D eigenvalue weighted by molar-refractivity contribution is 5.37. The van der Waals surface area contributed by atoms with Gasteiger partial charge in [-0.3, -0.25) is 4.79 Å². The number of carbonyl (C=O) groups excluding carboxylic acids is 1. The van der Waals surface area contributed by atoms with Crippen molar-refractivity contribution in [2.75, 3.05) is 0 Å². The molecule has 0 spiro atoms. The van der Waals surface area contributed by atoms with E-state index >= 15 is 0 Å². The molecule has 0 aliphatic rings. The van der Waals surface area contributed by atoms with Gasteiger partial charge < -0.3 is 4.74 Å². The summed E-state index contributed by atoms with van der Waals surface area (Å²) in [6.07, 6.45) is 4.56. The minimum atomic E-state index is 0.0618. The molecule has 0 N–H and O–H groups in total. The van der Waals surface area contributed by atoms with Crippen LogP contribution in [0.4, 0.5) is 0 Å². The predicted molar refractivity (Wildman–Crippen MR) is 44.7 cm³/mol. The average Bonchev–Trinajstić information content (AvgIpc) is 2.01. The highest BCUT2D eigenvalue weighted by atomic mass is 16.5. The number of rotatable bonds is 7. The number of hydrogen-bond acceptors (Lipinski definition) is 2. The Labute approximate surface area is 68.9 Å². The molecular weight excluding hydrogens is 140 g/mol. The third-order valence-corrected chi connectivity index (χ3v) is 1.55. The van der Waals surface area contributed by atoms with Crippen molar-refractivity contribution in [1.82, 2.24) is 0 Å². The van der Waals surface area contributed by atoms with Crippen LogP contribution in [0.25, 0.3) is 0 Å². The van der Waals surface area contributed by atoms with E-state index in [0.717, 1.165) is 32.1 Å². The van der Waals surface area contributed by atoms with E-state index < -0.39 is 0 Å². The second-order valence-corrected chi connectivity index (χ2v) is 2.49. The first-order chi connectivity index (χ1) is 5.35. The molecule has 2 nitrogen and oxygen atoms in total. The monoisotopic (exact) mass is 156 g/mol. The van der Waals surface area contributed by atoms with E-state index in [4.69, 9.17) is 4.74 Å². The topological polar surface area (TPSA) is 26.3 Å². The van der Waals surface area contributed by atoms with Crippen LogP contribution >= 0.6 is 0 Å². The summed E-state index contributed by atoms with van der Waals surface area (Å²) >= 11 is 0. The van der Waals surface area contributed by atoms with Crippen LogP contribution in [0.2, 0.25) is 0 Å². The van der Waals surface area contributed by atoms with Gasteiger partial charge in [-0.05, 0) is 25.7 Å². The molecule has 2 radical (unpaired) electrons. The molecular formula is C9H16O2. The van der Waals surface area contributed by atoms with Crippen LogP contribution < -0.4 is 0 Å². The first-order valence-electron chi connectivity index (χ1n) is 4.02. The summed E-state index contributed by atoms with van der Waals surface area (Å²) in [5.41, 5.74) is 0. The van der Waals surface area contributed by atoms with Crippen LogP contribution in [-0.4, -0.2) is 12.6 Å². The van der Waals surface area contributed by atoms with Crippen molar-refractivity contribution in [2.45, 2.75) is 38.2 Å². The third-order valence-electron chi connectivity index (χ3n) is 1.55. The molecule has 0 rings (SSSR count). The molecule has 0 amide bonds. The van der Waals surface area contributed by atoms with Crippen LogP contribution in [0.3, 0.4) is 0 Å². The van der Waals surface area contributed by atoms with Crippen molar-refractivity contribution in [2.24, 2.45) is 0 Å². The molecule has 0 aliphatic carbocycles. The Balaban J connectivity index is 3.41. The number of ether oxygens (including phenoxy) is 1. The summed E-state index contributed by atoms with van der Waals surface area (Å²) in [5, 5.41) is 0. The molecule has 0 heterocycles. The summed E-state index contributed by atoms with van der Waals surface area (Å²) in [5.74, 6) is 0. The number of hydrogen-bond donors (Lipinski definition) is 0. The van der Waals surface area contributed by atoms with E-state index in [1.807, 2.05) is 0 Å². The molecule has 11 heavy (non-hydrogen) atoms. The standard InChI is InChI=1S/C9H16O2/c1-3-5-7-9(6-4-2)11-8-10/h8-9H,1-7H2. The fourth-order valence-electron chi connectivity index (χ4n) is 0.959. The van der Waals surface area contributed by atoms with Crippen LogP contribution in [0.5, 0.6) is 0 Å². The maximum Gasteiger partial charge on any atom is 0.293 e. The highest BCUT2D eigenvalue weighted by Gasteiger charge is 2.05. The van der Waals surface area contributed by atoms with Gasteiger partial charge in [0.2, 0.25) is 0 Å². The van der Waals surface area contributed by atoms with Crippen LogP contribution in [-0.2, 0) is 9.53 Å². The quantitative estimate of drug-likeness (QED) is 0.528. The molecule has 0 aromatic carbocycles. The average molecular weight is 156 g/mol. The summed E-state index contributed by atoms with van der Waals surface area (Å²) in [7, 11) is 0. The highest BCUT2D eigenvalue weighted by Crippen LogP contribution is 2.09. The van der Waals surface area contributed by atoms with Gasteiger partial charge in [0, 0.05) is 0 Å². The maximum absolute atomic E-state index is 9.99. The van der Waals surface area contributed by atoms with Crippen molar-refractivity contribution in [3.8, 4) is 0 Å². The van der Waals surface area contributed by atoms with Gasteiger partial charge in [-0.25, -0.2) is 0 Å². The second-order valence-electron chi connectivity index (χ2n) is 2.49. The molecule has 2 heteroatoms. The lowest BCUT2D eigenvalue weighted by molar-refractivity contribution is -0.134. The van der Waals surface area contributed by atoms with Gasteiger partial charge in [-0.2, -0.15) is 0 Å².